The van der Waals surface area contributed by atoms with E-state index in [1.54, 1.807) is 4.90 Å². The van der Waals surface area contributed by atoms with Crippen LogP contribution in [0.25, 0.3) is 10.8 Å². The predicted molar refractivity (Wildman–Crippen MR) is 157 cm³/mol. The van der Waals surface area contributed by atoms with Gasteiger partial charge in [0.1, 0.15) is 0 Å². The average Bonchev–Trinajstić information content (AvgIpc) is 2.94. The van der Waals surface area contributed by atoms with Crippen molar-refractivity contribution in [3.63, 3.8) is 0 Å². The molecule has 0 saturated heterocycles. The van der Waals surface area contributed by atoms with E-state index in [2.05, 4.69) is 11.9 Å². The number of carbonyl (C=O) groups excluding carboxylic acids is 3. The van der Waals surface area contributed by atoms with Crippen LogP contribution in [0.2, 0.25) is 0 Å². The van der Waals surface area contributed by atoms with Gasteiger partial charge in [-0.1, -0.05) is 82.9 Å². The number of imide groups is 1. The lowest BCUT2D eigenvalue weighted by atomic mass is 9.90. The summed E-state index contributed by atoms with van der Waals surface area (Å²) >= 11 is 0. The normalized spacial score (nSPS) is 17.4. The summed E-state index contributed by atoms with van der Waals surface area (Å²) in [6.07, 6.45) is 17.7. The molecule has 1 saturated carbocycles. The molecule has 2 aliphatic rings. The van der Waals surface area contributed by atoms with Crippen molar-refractivity contribution >= 4 is 34.2 Å². The van der Waals surface area contributed by atoms with Gasteiger partial charge in [0, 0.05) is 46.2 Å². The topological polar surface area (TPSA) is 75.7 Å². The van der Waals surface area contributed by atoms with Crippen molar-refractivity contribution in [2.45, 2.75) is 102 Å². The van der Waals surface area contributed by atoms with Gasteiger partial charge in [-0.15, -0.1) is 0 Å². The van der Waals surface area contributed by atoms with Crippen molar-refractivity contribution in [2.75, 3.05) is 18.5 Å². The molecule has 6 heteroatoms. The number of esters is 1. The Morgan fingerprint density at radius 1 is 0.846 bits per heavy atom. The number of hydrogen-bond acceptors (Lipinski definition) is 5. The highest BCUT2D eigenvalue weighted by atomic mass is 16.5. The molecule has 0 aromatic heterocycles. The highest BCUT2D eigenvalue weighted by molar-refractivity contribution is 6.26. The maximum Gasteiger partial charge on any atom is 0.330 e. The summed E-state index contributed by atoms with van der Waals surface area (Å²) in [5, 5.41) is 5.23. The molecule has 1 fully saturated rings. The Bertz CT molecular complexity index is 1120. The number of hydrogen-bond donors (Lipinski definition) is 1. The largest absolute Gasteiger partial charge is 0.463 e. The maximum atomic E-state index is 13.8. The van der Waals surface area contributed by atoms with Gasteiger partial charge in [-0.2, -0.15) is 0 Å². The minimum Gasteiger partial charge on any atom is -0.463 e. The molecule has 0 unspecified atom stereocenters. The Morgan fingerprint density at radius 2 is 1.46 bits per heavy atom. The number of nitrogens with zero attached hydrogens (tertiary/aromatic N) is 1. The number of rotatable bonds is 10. The number of benzene rings is 2. The first-order chi connectivity index (χ1) is 19.1. The molecule has 2 aromatic rings. The fourth-order valence-electron chi connectivity index (χ4n) is 6.04. The van der Waals surface area contributed by atoms with Gasteiger partial charge in [0.25, 0.3) is 11.8 Å². The lowest BCUT2D eigenvalue weighted by Crippen LogP contribution is -2.47. The molecule has 6 nitrogen and oxygen atoms in total. The summed E-state index contributed by atoms with van der Waals surface area (Å²) in [6, 6.07) is 9.69. The standard InChI is InChI=1S/C33H44N2O4/c1-2-30(36)39-24-15-11-10-14-23-34-29-22-21-28-31-26(29)19-16-20-27(31)32(37)35(33(28)38)25-17-12-8-6-4-3-5-7-9-13-18-25/h2,16,19-22,25,34H,1,3-15,17-18,23-24H2. The van der Waals surface area contributed by atoms with Gasteiger partial charge < -0.3 is 10.1 Å². The molecule has 0 spiro atoms. The van der Waals surface area contributed by atoms with Crippen LogP contribution in [0, 0.1) is 0 Å². The van der Waals surface area contributed by atoms with E-state index in [1.165, 1.54) is 51.0 Å². The smallest absolute Gasteiger partial charge is 0.330 e. The van der Waals surface area contributed by atoms with Crippen LogP contribution in [-0.4, -0.2) is 41.9 Å². The van der Waals surface area contributed by atoms with Gasteiger partial charge in [-0.25, -0.2) is 4.79 Å². The summed E-state index contributed by atoms with van der Waals surface area (Å²) in [5.41, 5.74) is 2.24. The SMILES string of the molecule is C=CC(=O)OCCCCCCNc1ccc2c3c(cccc13)C(=O)N(C1CCCCCCCCCCC1)C2=O. The molecule has 1 N–H and O–H groups in total. The third-order valence-electron chi connectivity index (χ3n) is 8.18. The summed E-state index contributed by atoms with van der Waals surface area (Å²) < 4.78 is 5.02. The summed E-state index contributed by atoms with van der Waals surface area (Å²) in [4.78, 5) is 40.3. The number of amides is 2. The first kappa shape index (κ1) is 28.8. The lowest BCUT2D eigenvalue weighted by molar-refractivity contribution is -0.137. The second-order valence-corrected chi connectivity index (χ2v) is 11.0. The first-order valence-corrected chi connectivity index (χ1v) is 15.1. The van der Waals surface area contributed by atoms with Crippen LogP contribution < -0.4 is 5.32 Å². The predicted octanol–water partition coefficient (Wildman–Crippen LogP) is 7.81. The fraction of sp³-hybridized carbons (Fsp3) is 0.545. The Balaban J connectivity index is 1.41. The first-order valence-electron chi connectivity index (χ1n) is 15.1. The second kappa shape index (κ2) is 14.9. The summed E-state index contributed by atoms with van der Waals surface area (Å²) in [7, 11) is 0. The number of carbonyl (C=O) groups is 3. The second-order valence-electron chi connectivity index (χ2n) is 11.0. The van der Waals surface area contributed by atoms with Crippen LogP contribution >= 0.6 is 0 Å². The Labute approximate surface area is 233 Å². The van der Waals surface area contributed by atoms with Crippen molar-refractivity contribution in [2.24, 2.45) is 0 Å². The summed E-state index contributed by atoms with van der Waals surface area (Å²) in [6.45, 7) is 4.62. The molecular weight excluding hydrogens is 488 g/mol. The van der Waals surface area contributed by atoms with Crippen LogP contribution in [-0.2, 0) is 9.53 Å². The minimum atomic E-state index is -0.374. The van der Waals surface area contributed by atoms with Crippen LogP contribution in [0.1, 0.15) is 117 Å². The molecule has 1 heterocycles. The van der Waals surface area contributed by atoms with Gasteiger partial charge in [0.05, 0.1) is 6.61 Å². The average molecular weight is 533 g/mol. The fourth-order valence-corrected chi connectivity index (χ4v) is 6.04. The van der Waals surface area contributed by atoms with Crippen LogP contribution in [0.5, 0.6) is 0 Å². The molecule has 39 heavy (non-hydrogen) atoms. The van der Waals surface area contributed by atoms with Gasteiger partial charge in [0.15, 0.2) is 0 Å². The van der Waals surface area contributed by atoms with Crippen LogP contribution in [0.15, 0.2) is 43.0 Å². The molecule has 1 aliphatic carbocycles. The Morgan fingerprint density at radius 3 is 2.13 bits per heavy atom. The minimum absolute atomic E-state index is 0.0223. The van der Waals surface area contributed by atoms with E-state index < -0.39 is 0 Å². The third-order valence-corrected chi connectivity index (χ3v) is 8.18. The maximum absolute atomic E-state index is 13.8. The van der Waals surface area contributed by atoms with E-state index in [0.29, 0.717) is 17.7 Å². The molecule has 1 aliphatic heterocycles. The van der Waals surface area contributed by atoms with E-state index in [0.717, 1.165) is 74.4 Å². The van der Waals surface area contributed by atoms with Gasteiger partial charge >= 0.3 is 5.97 Å². The van der Waals surface area contributed by atoms with Gasteiger partial charge in [-0.05, 0) is 50.3 Å². The zero-order chi connectivity index (χ0) is 27.5. The molecule has 210 valence electrons. The molecule has 4 rings (SSSR count). The van der Waals surface area contributed by atoms with Gasteiger partial charge in [0.2, 0.25) is 0 Å². The quantitative estimate of drug-likeness (QED) is 0.146. The van der Waals surface area contributed by atoms with Gasteiger partial charge in [-0.3, -0.25) is 14.5 Å². The molecule has 0 radical (unpaired) electrons. The Hall–Kier alpha value is -3.15. The molecule has 2 amide bonds. The van der Waals surface area contributed by atoms with Crippen LogP contribution in [0.3, 0.4) is 0 Å². The Kier molecular flexibility index (Phi) is 11.0. The number of unbranched alkanes of at least 4 members (excludes halogenated alkanes) is 3. The number of nitrogens with one attached hydrogen (secondary N) is 1. The monoisotopic (exact) mass is 532 g/mol. The molecule has 0 bridgehead atoms. The van der Waals surface area contributed by atoms with Crippen LogP contribution in [0.4, 0.5) is 5.69 Å². The third kappa shape index (κ3) is 7.49. The van der Waals surface area contributed by atoms with Crippen molar-refractivity contribution in [1.82, 2.24) is 4.90 Å². The van der Waals surface area contributed by atoms with Crippen molar-refractivity contribution in [3.05, 3.63) is 54.1 Å². The molecule has 0 atom stereocenters. The zero-order valence-corrected chi connectivity index (χ0v) is 23.3. The lowest BCUT2D eigenvalue weighted by Gasteiger charge is -2.34. The number of anilines is 1. The van der Waals surface area contributed by atoms with Crippen molar-refractivity contribution < 1.29 is 19.1 Å². The van der Waals surface area contributed by atoms with Crippen molar-refractivity contribution in [3.8, 4) is 0 Å². The molecule has 2 aromatic carbocycles. The molecular formula is C33H44N2O4. The van der Waals surface area contributed by atoms with E-state index >= 15 is 0 Å². The highest BCUT2D eigenvalue weighted by Gasteiger charge is 2.37. The van der Waals surface area contributed by atoms with E-state index in [9.17, 15) is 14.4 Å². The van der Waals surface area contributed by atoms with Crippen molar-refractivity contribution in [1.29, 1.82) is 0 Å². The van der Waals surface area contributed by atoms with E-state index in [-0.39, 0.29) is 23.8 Å². The highest BCUT2D eigenvalue weighted by Crippen LogP contribution is 2.36. The van der Waals surface area contributed by atoms with E-state index in [1.807, 2.05) is 30.3 Å². The summed E-state index contributed by atoms with van der Waals surface area (Å²) in [5.74, 6) is -0.644. The zero-order valence-electron chi connectivity index (χ0n) is 23.3. The number of ether oxygens (including phenoxy) is 1. The van der Waals surface area contributed by atoms with E-state index in [4.69, 9.17) is 4.74 Å².